The number of primary amides is 1. The molecule has 0 saturated heterocycles. The van der Waals surface area contributed by atoms with Gasteiger partial charge in [0.1, 0.15) is 11.2 Å². The van der Waals surface area contributed by atoms with E-state index < -0.39 is 11.4 Å². The summed E-state index contributed by atoms with van der Waals surface area (Å²) >= 11 is 0. The molecule has 0 radical (unpaired) electrons. The van der Waals surface area contributed by atoms with Crippen LogP contribution in [0.3, 0.4) is 0 Å². The fourth-order valence-corrected chi connectivity index (χ4v) is 3.08. The number of aromatic nitrogens is 2. The van der Waals surface area contributed by atoms with Crippen LogP contribution < -0.4 is 10.6 Å². The van der Waals surface area contributed by atoms with Gasteiger partial charge in [0.2, 0.25) is 5.91 Å². The number of amides is 2. The van der Waals surface area contributed by atoms with E-state index in [9.17, 15) is 9.59 Å². The predicted molar refractivity (Wildman–Crippen MR) is 105 cm³/mol. The third-order valence-electron chi connectivity index (χ3n) is 4.43. The first-order valence-corrected chi connectivity index (χ1v) is 8.45. The van der Waals surface area contributed by atoms with Crippen molar-refractivity contribution in [3.05, 3.63) is 60.0 Å². The van der Waals surface area contributed by atoms with Crippen molar-refractivity contribution in [3.63, 3.8) is 0 Å². The Labute approximate surface area is 157 Å². The first-order valence-electron chi connectivity index (χ1n) is 8.45. The van der Waals surface area contributed by atoms with Gasteiger partial charge in [-0.05, 0) is 43.0 Å². The molecule has 0 aliphatic heterocycles. The summed E-state index contributed by atoms with van der Waals surface area (Å²) in [5.74, 6) is 1.79. The van der Waals surface area contributed by atoms with E-state index in [1.165, 1.54) is 17.2 Å². The van der Waals surface area contributed by atoms with Gasteiger partial charge in [-0.1, -0.05) is 24.1 Å². The number of anilines is 1. The number of carbonyl (C=O) groups is 2. The van der Waals surface area contributed by atoms with Crippen molar-refractivity contribution < 1.29 is 9.59 Å². The number of nitrogens with two attached hydrogens (primary N) is 1. The number of pyridine rings is 1. The topological polar surface area (TPSA) is 92.1 Å². The third kappa shape index (κ3) is 3.53. The monoisotopic (exact) mass is 360 g/mol. The van der Waals surface area contributed by atoms with Crippen molar-refractivity contribution in [1.82, 2.24) is 9.97 Å². The normalized spacial score (nSPS) is 11.1. The molecular formula is C21H20N4O2. The summed E-state index contributed by atoms with van der Waals surface area (Å²) in [6.45, 7) is 3.54. The van der Waals surface area contributed by atoms with Crippen molar-refractivity contribution >= 4 is 28.4 Å². The number of H-pyrrole nitrogens is 1. The van der Waals surface area contributed by atoms with Crippen molar-refractivity contribution in [3.8, 4) is 12.3 Å². The van der Waals surface area contributed by atoms with E-state index in [1.54, 1.807) is 19.9 Å². The highest BCUT2D eigenvalue weighted by atomic mass is 16.2. The maximum Gasteiger partial charge on any atom is 0.267 e. The number of nitrogens with zero attached hydrogens (tertiary/aromatic N) is 2. The Balaban J connectivity index is 2.02. The van der Waals surface area contributed by atoms with E-state index in [-0.39, 0.29) is 18.0 Å². The zero-order valence-corrected chi connectivity index (χ0v) is 15.2. The number of benzene rings is 1. The molecule has 27 heavy (non-hydrogen) atoms. The maximum atomic E-state index is 13.2. The SMILES string of the molecule is C#CC(C)(C)N(C(=O)Cc1cccc2cc[nH]c12)c1ccnc(C(N)=O)c1. The van der Waals surface area contributed by atoms with Crippen LogP contribution in [0, 0.1) is 12.3 Å². The summed E-state index contributed by atoms with van der Waals surface area (Å²) in [4.78, 5) is 33.3. The molecule has 0 bridgehead atoms. The Bertz CT molecular complexity index is 1060. The number of rotatable bonds is 5. The van der Waals surface area contributed by atoms with Crippen LogP contribution in [0.4, 0.5) is 5.69 Å². The number of terminal acetylenes is 1. The molecule has 0 saturated carbocycles. The van der Waals surface area contributed by atoms with Gasteiger partial charge in [0, 0.05) is 23.6 Å². The average molecular weight is 360 g/mol. The lowest BCUT2D eigenvalue weighted by Crippen LogP contribution is -2.48. The van der Waals surface area contributed by atoms with Crippen molar-refractivity contribution in [2.24, 2.45) is 5.73 Å². The highest BCUT2D eigenvalue weighted by Crippen LogP contribution is 2.26. The number of aromatic amines is 1. The Morgan fingerprint density at radius 2 is 2.07 bits per heavy atom. The third-order valence-corrected chi connectivity index (χ3v) is 4.43. The van der Waals surface area contributed by atoms with Crippen LogP contribution in [-0.2, 0) is 11.2 Å². The minimum atomic E-state index is -0.906. The largest absolute Gasteiger partial charge is 0.364 e. The quantitative estimate of drug-likeness (QED) is 0.685. The van der Waals surface area contributed by atoms with Gasteiger partial charge in [0.15, 0.2) is 0 Å². The number of hydrogen-bond acceptors (Lipinski definition) is 3. The Hall–Kier alpha value is -3.59. The van der Waals surface area contributed by atoms with Gasteiger partial charge < -0.3 is 10.7 Å². The van der Waals surface area contributed by atoms with E-state index in [4.69, 9.17) is 12.2 Å². The number of hydrogen-bond donors (Lipinski definition) is 2. The predicted octanol–water partition coefficient (Wildman–Crippen LogP) is 2.65. The molecule has 2 amide bonds. The Kier molecular flexibility index (Phi) is 4.70. The lowest BCUT2D eigenvalue weighted by atomic mass is 10.00. The smallest absolute Gasteiger partial charge is 0.267 e. The van der Waals surface area contributed by atoms with Gasteiger partial charge in [0.25, 0.3) is 5.91 Å². The molecule has 0 spiro atoms. The zero-order chi connectivity index (χ0) is 19.6. The van der Waals surface area contributed by atoms with E-state index in [0.29, 0.717) is 5.69 Å². The van der Waals surface area contributed by atoms with E-state index in [2.05, 4.69) is 15.9 Å². The van der Waals surface area contributed by atoms with Crippen LogP contribution in [0.15, 0.2) is 48.8 Å². The van der Waals surface area contributed by atoms with Crippen molar-refractivity contribution in [2.45, 2.75) is 25.8 Å². The van der Waals surface area contributed by atoms with E-state index in [0.717, 1.165) is 16.5 Å². The van der Waals surface area contributed by atoms with Crippen LogP contribution in [0.25, 0.3) is 10.9 Å². The van der Waals surface area contributed by atoms with Gasteiger partial charge in [-0.2, -0.15) is 0 Å². The van der Waals surface area contributed by atoms with Crippen LogP contribution in [0.5, 0.6) is 0 Å². The second-order valence-corrected chi connectivity index (χ2v) is 6.73. The molecule has 3 rings (SSSR count). The molecule has 0 unspecified atom stereocenters. The molecule has 0 aliphatic carbocycles. The fourth-order valence-electron chi connectivity index (χ4n) is 3.08. The summed E-state index contributed by atoms with van der Waals surface area (Å²) in [6.07, 6.45) is 9.12. The van der Waals surface area contributed by atoms with Crippen molar-refractivity contribution in [2.75, 3.05) is 4.90 Å². The Morgan fingerprint density at radius 1 is 1.30 bits per heavy atom. The molecule has 0 fully saturated rings. The summed E-state index contributed by atoms with van der Waals surface area (Å²) in [6, 6.07) is 10.9. The first kappa shape index (κ1) is 18.2. The number of para-hydroxylation sites is 1. The molecule has 3 N–H and O–H groups in total. The van der Waals surface area contributed by atoms with E-state index in [1.807, 2.05) is 30.5 Å². The molecular weight excluding hydrogens is 340 g/mol. The van der Waals surface area contributed by atoms with Gasteiger partial charge in [-0.15, -0.1) is 6.42 Å². The van der Waals surface area contributed by atoms with E-state index >= 15 is 0 Å². The van der Waals surface area contributed by atoms with Gasteiger partial charge in [-0.25, -0.2) is 0 Å². The minimum Gasteiger partial charge on any atom is -0.364 e. The summed E-state index contributed by atoms with van der Waals surface area (Å²) in [7, 11) is 0. The van der Waals surface area contributed by atoms with Gasteiger partial charge >= 0.3 is 0 Å². The second-order valence-electron chi connectivity index (χ2n) is 6.73. The van der Waals surface area contributed by atoms with Gasteiger partial charge in [0.05, 0.1) is 6.42 Å². The number of nitrogens with one attached hydrogen (secondary N) is 1. The van der Waals surface area contributed by atoms with Crippen LogP contribution in [0.1, 0.15) is 29.9 Å². The summed E-state index contributed by atoms with van der Waals surface area (Å²) in [5, 5.41) is 1.03. The maximum absolute atomic E-state index is 13.2. The molecule has 2 aromatic heterocycles. The number of carbonyl (C=O) groups excluding carboxylic acids is 2. The lowest BCUT2D eigenvalue weighted by molar-refractivity contribution is -0.118. The highest BCUT2D eigenvalue weighted by Gasteiger charge is 2.31. The molecule has 0 aliphatic rings. The molecule has 6 nitrogen and oxygen atoms in total. The molecule has 1 aromatic carbocycles. The lowest BCUT2D eigenvalue weighted by Gasteiger charge is -2.35. The molecule has 2 heterocycles. The highest BCUT2D eigenvalue weighted by molar-refractivity contribution is 6.00. The minimum absolute atomic E-state index is 0.0737. The summed E-state index contributed by atoms with van der Waals surface area (Å²) < 4.78 is 0. The summed E-state index contributed by atoms with van der Waals surface area (Å²) in [5.41, 5.74) is 6.75. The fraction of sp³-hybridized carbons (Fsp3) is 0.190. The standard InChI is InChI=1S/C21H20N4O2/c1-4-21(2,3)25(16-9-11-23-17(13-16)20(22)27)18(26)12-15-7-5-6-14-8-10-24-19(14)15/h1,5-11,13,24H,12H2,2-3H3,(H2,22,27). The Morgan fingerprint density at radius 3 is 2.78 bits per heavy atom. The second kappa shape index (κ2) is 6.96. The molecule has 3 aromatic rings. The van der Waals surface area contributed by atoms with Crippen LogP contribution in [0.2, 0.25) is 0 Å². The van der Waals surface area contributed by atoms with Crippen molar-refractivity contribution in [1.29, 1.82) is 0 Å². The molecule has 0 atom stereocenters. The van der Waals surface area contributed by atoms with Crippen LogP contribution in [-0.4, -0.2) is 27.3 Å². The zero-order valence-electron chi connectivity index (χ0n) is 15.2. The average Bonchev–Trinajstić information content (AvgIpc) is 3.11. The molecule has 6 heteroatoms. The first-order chi connectivity index (χ1) is 12.8. The van der Waals surface area contributed by atoms with Gasteiger partial charge in [-0.3, -0.25) is 19.5 Å². The molecule has 136 valence electrons. The van der Waals surface area contributed by atoms with Crippen LogP contribution >= 0.6 is 0 Å². The number of fused-ring (bicyclic) bond motifs is 1.